The lowest BCUT2D eigenvalue weighted by Crippen LogP contribution is -2.51. The number of piperidine rings is 1. The second-order valence-electron chi connectivity index (χ2n) is 4.72. The summed E-state index contributed by atoms with van der Waals surface area (Å²) in [5.41, 5.74) is -0.0161. The first-order valence-corrected chi connectivity index (χ1v) is 5.31. The molecule has 0 radical (unpaired) electrons. The summed E-state index contributed by atoms with van der Waals surface area (Å²) in [7, 11) is 0. The first-order chi connectivity index (χ1) is 6.72. The van der Waals surface area contributed by atoms with Crippen molar-refractivity contribution < 1.29 is 9.59 Å². The minimum atomic E-state index is -0.271. The van der Waals surface area contributed by atoms with Gasteiger partial charge in [0, 0.05) is 6.54 Å². The van der Waals surface area contributed by atoms with Crippen LogP contribution in [0.25, 0.3) is 0 Å². The van der Waals surface area contributed by atoms with Gasteiger partial charge in [0.2, 0.25) is 11.8 Å². The Balaban J connectivity index is 1.60. The average Bonchev–Trinajstić information content (AvgIpc) is 2.95. The SMILES string of the molecule is O=C1NCCC[C@@H]1NC(=O)C12CC1C2. The normalized spacial score (nSPS) is 43.6. The second kappa shape index (κ2) is 2.49. The number of nitrogens with one attached hydrogen (secondary N) is 2. The summed E-state index contributed by atoms with van der Waals surface area (Å²) >= 11 is 0. The van der Waals surface area contributed by atoms with Gasteiger partial charge in [-0.1, -0.05) is 0 Å². The zero-order valence-electron chi connectivity index (χ0n) is 8.01. The molecule has 76 valence electrons. The Morgan fingerprint density at radius 2 is 2.21 bits per heavy atom. The van der Waals surface area contributed by atoms with Crippen molar-refractivity contribution in [3.63, 3.8) is 0 Å². The number of fused-ring (bicyclic) bond motifs is 1. The maximum absolute atomic E-state index is 11.7. The molecule has 4 heteroatoms. The highest BCUT2D eigenvalue weighted by molar-refractivity contribution is 5.94. The van der Waals surface area contributed by atoms with E-state index in [1.165, 1.54) is 0 Å². The first-order valence-electron chi connectivity index (χ1n) is 5.31. The van der Waals surface area contributed by atoms with E-state index in [-0.39, 0.29) is 23.3 Å². The smallest absolute Gasteiger partial charge is 0.242 e. The Morgan fingerprint density at radius 1 is 1.50 bits per heavy atom. The third-order valence-electron chi connectivity index (χ3n) is 3.73. The topological polar surface area (TPSA) is 58.2 Å². The van der Waals surface area contributed by atoms with Crippen LogP contribution in [0.5, 0.6) is 0 Å². The lowest BCUT2D eigenvalue weighted by molar-refractivity contribution is -0.131. The lowest BCUT2D eigenvalue weighted by atomic mass is 10.1. The lowest BCUT2D eigenvalue weighted by Gasteiger charge is -2.23. The van der Waals surface area contributed by atoms with Crippen LogP contribution < -0.4 is 10.6 Å². The van der Waals surface area contributed by atoms with Crippen LogP contribution in [0.15, 0.2) is 0 Å². The summed E-state index contributed by atoms with van der Waals surface area (Å²) in [6, 6.07) is -0.271. The Hall–Kier alpha value is -1.06. The molecule has 14 heavy (non-hydrogen) atoms. The molecule has 1 aliphatic heterocycles. The molecule has 3 fully saturated rings. The summed E-state index contributed by atoms with van der Waals surface area (Å²) in [6.07, 6.45) is 3.85. The van der Waals surface area contributed by atoms with E-state index in [0.717, 1.165) is 32.2 Å². The molecule has 0 unspecified atom stereocenters. The van der Waals surface area contributed by atoms with Crippen molar-refractivity contribution in [2.24, 2.45) is 11.3 Å². The van der Waals surface area contributed by atoms with E-state index in [9.17, 15) is 9.59 Å². The fourth-order valence-electron chi connectivity index (χ4n) is 2.28. The number of carbonyl (C=O) groups excluding carboxylic acids is 2. The fraction of sp³-hybridized carbons (Fsp3) is 0.800. The Bertz CT molecular complexity index is 307. The van der Waals surface area contributed by atoms with Gasteiger partial charge in [0.05, 0.1) is 5.41 Å². The first kappa shape index (κ1) is 8.26. The van der Waals surface area contributed by atoms with Crippen molar-refractivity contribution in [3.05, 3.63) is 0 Å². The van der Waals surface area contributed by atoms with Crippen LogP contribution in [0, 0.1) is 11.3 Å². The van der Waals surface area contributed by atoms with Crippen LogP contribution in [-0.4, -0.2) is 24.4 Å². The van der Waals surface area contributed by atoms with Crippen molar-refractivity contribution in [2.75, 3.05) is 6.54 Å². The summed E-state index contributed by atoms with van der Waals surface area (Å²) in [4.78, 5) is 23.1. The average molecular weight is 194 g/mol. The van der Waals surface area contributed by atoms with Crippen LogP contribution in [0.4, 0.5) is 0 Å². The molecule has 1 atom stereocenters. The summed E-state index contributed by atoms with van der Waals surface area (Å²) in [6.45, 7) is 0.749. The molecular weight excluding hydrogens is 180 g/mol. The summed E-state index contributed by atoms with van der Waals surface area (Å²) < 4.78 is 0. The van der Waals surface area contributed by atoms with Gasteiger partial charge >= 0.3 is 0 Å². The molecule has 2 amide bonds. The Kier molecular flexibility index (Phi) is 1.47. The highest BCUT2D eigenvalue weighted by atomic mass is 16.2. The molecule has 4 nitrogen and oxygen atoms in total. The third-order valence-corrected chi connectivity index (χ3v) is 3.73. The van der Waals surface area contributed by atoms with Crippen molar-refractivity contribution in [1.82, 2.24) is 10.6 Å². The fourth-order valence-corrected chi connectivity index (χ4v) is 2.28. The van der Waals surface area contributed by atoms with E-state index in [1.807, 2.05) is 0 Å². The zero-order chi connectivity index (χ0) is 9.76. The minimum Gasteiger partial charge on any atom is -0.354 e. The van der Waals surface area contributed by atoms with E-state index >= 15 is 0 Å². The maximum atomic E-state index is 11.7. The highest BCUT2D eigenvalue weighted by Gasteiger charge is 2.74. The van der Waals surface area contributed by atoms with Crippen molar-refractivity contribution in [3.8, 4) is 0 Å². The van der Waals surface area contributed by atoms with E-state index in [4.69, 9.17) is 0 Å². The Morgan fingerprint density at radius 3 is 2.79 bits per heavy atom. The molecule has 2 saturated carbocycles. The van der Waals surface area contributed by atoms with Gasteiger partial charge in [-0.25, -0.2) is 0 Å². The number of rotatable bonds is 2. The van der Waals surface area contributed by atoms with Crippen LogP contribution in [0.1, 0.15) is 25.7 Å². The number of hydrogen-bond donors (Lipinski definition) is 2. The monoisotopic (exact) mass is 194 g/mol. The maximum Gasteiger partial charge on any atom is 0.242 e. The summed E-state index contributed by atoms with van der Waals surface area (Å²) in [5, 5.41) is 5.63. The third kappa shape index (κ3) is 1.06. The van der Waals surface area contributed by atoms with Crippen LogP contribution in [-0.2, 0) is 9.59 Å². The van der Waals surface area contributed by atoms with Gasteiger partial charge in [-0.3, -0.25) is 9.59 Å². The predicted octanol–water partition coefficient (Wildman–Crippen LogP) is -0.209. The minimum absolute atomic E-state index is 0.0150. The van der Waals surface area contributed by atoms with Gasteiger partial charge in [-0.05, 0) is 31.6 Å². The number of hydrogen-bond acceptors (Lipinski definition) is 2. The molecule has 0 aromatic heterocycles. The molecule has 0 bridgehead atoms. The van der Waals surface area contributed by atoms with Crippen LogP contribution in [0.2, 0.25) is 0 Å². The molecule has 2 N–H and O–H groups in total. The van der Waals surface area contributed by atoms with Crippen molar-refractivity contribution >= 4 is 11.8 Å². The quantitative estimate of drug-likeness (QED) is 0.639. The molecule has 0 spiro atoms. The van der Waals surface area contributed by atoms with Crippen molar-refractivity contribution in [1.29, 1.82) is 0 Å². The second-order valence-corrected chi connectivity index (χ2v) is 4.72. The van der Waals surface area contributed by atoms with E-state index in [2.05, 4.69) is 10.6 Å². The van der Waals surface area contributed by atoms with E-state index in [1.54, 1.807) is 0 Å². The largest absolute Gasteiger partial charge is 0.354 e. The summed E-state index contributed by atoms with van der Waals surface area (Å²) in [5.74, 6) is 0.748. The highest BCUT2D eigenvalue weighted by Crippen LogP contribution is 2.75. The number of amides is 2. The predicted molar refractivity (Wildman–Crippen MR) is 49.3 cm³/mol. The van der Waals surface area contributed by atoms with Crippen LogP contribution in [0.3, 0.4) is 0 Å². The Labute approximate surface area is 82.4 Å². The molecule has 1 saturated heterocycles. The van der Waals surface area contributed by atoms with Gasteiger partial charge in [-0.2, -0.15) is 0 Å². The number of carbonyl (C=O) groups is 2. The van der Waals surface area contributed by atoms with Crippen molar-refractivity contribution in [2.45, 2.75) is 31.7 Å². The van der Waals surface area contributed by atoms with E-state index < -0.39 is 0 Å². The molecule has 0 aromatic carbocycles. The molecule has 2 aliphatic carbocycles. The molecule has 3 aliphatic rings. The van der Waals surface area contributed by atoms with Crippen LogP contribution >= 0.6 is 0 Å². The molecule has 0 aromatic rings. The molecule has 3 rings (SSSR count). The van der Waals surface area contributed by atoms with Gasteiger partial charge in [0.15, 0.2) is 0 Å². The van der Waals surface area contributed by atoms with E-state index in [0.29, 0.717) is 5.92 Å². The zero-order valence-corrected chi connectivity index (χ0v) is 8.01. The van der Waals surface area contributed by atoms with Gasteiger partial charge < -0.3 is 10.6 Å². The standard InChI is InChI=1S/C10H14N2O2/c13-8-7(2-1-3-11-8)12-9(14)10-4-6(10)5-10/h6-7H,1-5H2,(H,11,13)(H,12,14)/t6?,7-,10?/m0/s1. The van der Waals surface area contributed by atoms with Gasteiger partial charge in [-0.15, -0.1) is 0 Å². The molecule has 1 heterocycles. The molecular formula is C10H14N2O2. The van der Waals surface area contributed by atoms with Gasteiger partial charge in [0.25, 0.3) is 0 Å². The van der Waals surface area contributed by atoms with Gasteiger partial charge in [0.1, 0.15) is 6.04 Å².